The molecule has 1 atom stereocenters. The standard InChI is InChI=1S/C19H28FN3O/c1-15-7-9-23(10-8-15)19(24)16(2)21-11-13-22(14-12-21)18-6-4-3-5-17(18)20/h3-6,15-16H,7-14H2,1-2H3. The Morgan fingerprint density at radius 1 is 1.08 bits per heavy atom. The highest BCUT2D eigenvalue weighted by Crippen LogP contribution is 2.22. The molecule has 2 fully saturated rings. The number of likely N-dealkylation sites (tertiary alicyclic amines) is 1. The molecule has 2 aliphatic heterocycles. The summed E-state index contributed by atoms with van der Waals surface area (Å²) in [5.41, 5.74) is 0.668. The molecule has 0 N–H and O–H groups in total. The Kier molecular flexibility index (Phi) is 5.39. The third-order valence-corrected chi connectivity index (χ3v) is 5.51. The highest BCUT2D eigenvalue weighted by atomic mass is 19.1. The fourth-order valence-corrected chi connectivity index (χ4v) is 3.71. The van der Waals surface area contributed by atoms with E-state index >= 15 is 0 Å². The fourth-order valence-electron chi connectivity index (χ4n) is 3.71. The number of piperazine rings is 1. The number of rotatable bonds is 3. The van der Waals surface area contributed by atoms with Crippen LogP contribution >= 0.6 is 0 Å². The molecule has 4 nitrogen and oxygen atoms in total. The van der Waals surface area contributed by atoms with Gasteiger partial charge in [0.1, 0.15) is 5.82 Å². The maximum Gasteiger partial charge on any atom is 0.239 e. The monoisotopic (exact) mass is 333 g/mol. The van der Waals surface area contributed by atoms with Gasteiger partial charge in [-0.25, -0.2) is 4.39 Å². The lowest BCUT2D eigenvalue weighted by Crippen LogP contribution is -2.55. The van der Waals surface area contributed by atoms with E-state index in [1.165, 1.54) is 6.07 Å². The van der Waals surface area contributed by atoms with Crippen molar-refractivity contribution >= 4 is 11.6 Å². The van der Waals surface area contributed by atoms with Crippen molar-refractivity contribution in [2.75, 3.05) is 44.2 Å². The van der Waals surface area contributed by atoms with Crippen LogP contribution in [0.3, 0.4) is 0 Å². The van der Waals surface area contributed by atoms with Gasteiger partial charge in [0.15, 0.2) is 0 Å². The number of anilines is 1. The summed E-state index contributed by atoms with van der Waals surface area (Å²) in [4.78, 5) is 19.1. The van der Waals surface area contributed by atoms with Gasteiger partial charge in [0, 0.05) is 39.3 Å². The van der Waals surface area contributed by atoms with Gasteiger partial charge in [-0.2, -0.15) is 0 Å². The van der Waals surface area contributed by atoms with Gasteiger partial charge in [0.05, 0.1) is 11.7 Å². The second-order valence-electron chi connectivity index (χ2n) is 7.16. The van der Waals surface area contributed by atoms with Crippen LogP contribution in [0.4, 0.5) is 10.1 Å². The molecule has 2 aliphatic rings. The Morgan fingerprint density at radius 2 is 1.71 bits per heavy atom. The summed E-state index contributed by atoms with van der Waals surface area (Å²) in [6.45, 7) is 9.16. The molecule has 132 valence electrons. The summed E-state index contributed by atoms with van der Waals surface area (Å²) in [7, 11) is 0. The first-order valence-electron chi connectivity index (χ1n) is 9.08. The number of hydrogen-bond donors (Lipinski definition) is 0. The van der Waals surface area contributed by atoms with Gasteiger partial charge in [-0.1, -0.05) is 19.1 Å². The smallest absolute Gasteiger partial charge is 0.239 e. The van der Waals surface area contributed by atoms with Gasteiger partial charge in [-0.3, -0.25) is 9.69 Å². The number of nitrogens with zero attached hydrogens (tertiary/aromatic N) is 3. The van der Waals surface area contributed by atoms with Gasteiger partial charge >= 0.3 is 0 Å². The molecule has 1 aromatic rings. The zero-order valence-corrected chi connectivity index (χ0v) is 14.7. The molecule has 2 heterocycles. The third-order valence-electron chi connectivity index (χ3n) is 5.51. The second-order valence-corrected chi connectivity index (χ2v) is 7.16. The number of piperidine rings is 1. The first-order valence-corrected chi connectivity index (χ1v) is 9.08. The number of hydrogen-bond acceptors (Lipinski definition) is 3. The zero-order chi connectivity index (χ0) is 17.1. The molecule has 1 unspecified atom stereocenters. The lowest BCUT2D eigenvalue weighted by atomic mass is 9.98. The summed E-state index contributed by atoms with van der Waals surface area (Å²) in [5.74, 6) is 0.812. The molecule has 0 aliphatic carbocycles. The number of carbonyl (C=O) groups is 1. The molecular weight excluding hydrogens is 305 g/mol. The number of amides is 1. The Balaban J connectivity index is 1.54. The van der Waals surface area contributed by atoms with E-state index in [9.17, 15) is 9.18 Å². The minimum Gasteiger partial charge on any atom is -0.367 e. The van der Waals surface area contributed by atoms with Crippen molar-refractivity contribution in [2.45, 2.75) is 32.7 Å². The van der Waals surface area contributed by atoms with E-state index in [1.54, 1.807) is 6.07 Å². The average Bonchev–Trinajstić information content (AvgIpc) is 2.62. The zero-order valence-electron chi connectivity index (χ0n) is 14.7. The van der Waals surface area contributed by atoms with Crippen LogP contribution in [-0.4, -0.2) is 61.0 Å². The third kappa shape index (κ3) is 3.72. The van der Waals surface area contributed by atoms with Crippen molar-refractivity contribution in [2.24, 2.45) is 5.92 Å². The Hall–Kier alpha value is -1.62. The Bertz CT molecular complexity index is 563. The van der Waals surface area contributed by atoms with E-state index in [0.29, 0.717) is 5.69 Å². The van der Waals surface area contributed by atoms with Crippen molar-refractivity contribution in [3.8, 4) is 0 Å². The van der Waals surface area contributed by atoms with Gasteiger partial charge in [0.2, 0.25) is 5.91 Å². The lowest BCUT2D eigenvalue weighted by molar-refractivity contribution is -0.137. The van der Waals surface area contributed by atoms with Crippen molar-refractivity contribution in [3.05, 3.63) is 30.1 Å². The van der Waals surface area contributed by atoms with Gasteiger partial charge in [-0.05, 0) is 37.8 Å². The van der Waals surface area contributed by atoms with Gasteiger partial charge < -0.3 is 9.80 Å². The molecule has 2 saturated heterocycles. The normalized spacial score (nSPS) is 21.8. The Morgan fingerprint density at radius 3 is 2.33 bits per heavy atom. The highest BCUT2D eigenvalue weighted by Gasteiger charge is 2.30. The Labute approximate surface area is 144 Å². The highest BCUT2D eigenvalue weighted by molar-refractivity contribution is 5.81. The molecular formula is C19H28FN3O. The largest absolute Gasteiger partial charge is 0.367 e. The van der Waals surface area contributed by atoms with Crippen molar-refractivity contribution in [1.82, 2.24) is 9.80 Å². The van der Waals surface area contributed by atoms with Gasteiger partial charge in [0.25, 0.3) is 0 Å². The van der Waals surface area contributed by atoms with Crippen molar-refractivity contribution < 1.29 is 9.18 Å². The summed E-state index contributed by atoms with van der Waals surface area (Å²) >= 11 is 0. The first-order chi connectivity index (χ1) is 11.6. The summed E-state index contributed by atoms with van der Waals surface area (Å²) in [6.07, 6.45) is 2.22. The van der Waals surface area contributed by atoms with Crippen LogP contribution in [0.5, 0.6) is 0 Å². The van der Waals surface area contributed by atoms with E-state index in [4.69, 9.17) is 0 Å². The quantitative estimate of drug-likeness (QED) is 0.851. The number of halogens is 1. The predicted octanol–water partition coefficient (Wildman–Crippen LogP) is 2.59. The molecule has 0 spiro atoms. The predicted molar refractivity (Wildman–Crippen MR) is 94.6 cm³/mol. The van der Waals surface area contributed by atoms with Crippen LogP contribution < -0.4 is 4.90 Å². The van der Waals surface area contributed by atoms with Crippen LogP contribution in [0.15, 0.2) is 24.3 Å². The van der Waals surface area contributed by atoms with Crippen molar-refractivity contribution in [3.63, 3.8) is 0 Å². The molecule has 5 heteroatoms. The van der Waals surface area contributed by atoms with Crippen LogP contribution in [-0.2, 0) is 4.79 Å². The SMILES string of the molecule is CC1CCN(C(=O)C(C)N2CCN(c3ccccc3F)CC2)CC1. The molecule has 0 bridgehead atoms. The maximum absolute atomic E-state index is 13.9. The van der Waals surface area contributed by atoms with E-state index in [1.807, 2.05) is 24.0 Å². The van der Waals surface area contributed by atoms with Crippen LogP contribution in [0.2, 0.25) is 0 Å². The summed E-state index contributed by atoms with van der Waals surface area (Å²) in [6, 6.07) is 6.84. The molecule has 0 saturated carbocycles. The molecule has 0 aromatic heterocycles. The molecule has 1 amide bonds. The van der Waals surface area contributed by atoms with Crippen LogP contribution in [0, 0.1) is 11.7 Å². The second kappa shape index (κ2) is 7.51. The summed E-state index contributed by atoms with van der Waals surface area (Å²) in [5, 5.41) is 0. The fraction of sp³-hybridized carbons (Fsp3) is 0.632. The van der Waals surface area contributed by atoms with E-state index in [0.717, 1.165) is 58.0 Å². The molecule has 0 radical (unpaired) electrons. The number of carbonyl (C=O) groups excluding carboxylic acids is 1. The van der Waals surface area contributed by atoms with Crippen LogP contribution in [0.1, 0.15) is 26.7 Å². The number of benzene rings is 1. The summed E-state index contributed by atoms with van der Waals surface area (Å²) < 4.78 is 13.9. The number of para-hydroxylation sites is 1. The van der Waals surface area contributed by atoms with Crippen molar-refractivity contribution in [1.29, 1.82) is 0 Å². The lowest BCUT2D eigenvalue weighted by Gasteiger charge is -2.40. The van der Waals surface area contributed by atoms with E-state index in [2.05, 4.69) is 16.7 Å². The topological polar surface area (TPSA) is 26.8 Å². The van der Waals surface area contributed by atoms with E-state index < -0.39 is 0 Å². The minimum atomic E-state index is -0.169. The minimum absolute atomic E-state index is 0.0822. The molecule has 24 heavy (non-hydrogen) atoms. The van der Waals surface area contributed by atoms with Crippen LogP contribution in [0.25, 0.3) is 0 Å². The first kappa shape index (κ1) is 17.2. The molecule has 1 aromatic carbocycles. The van der Waals surface area contributed by atoms with Gasteiger partial charge in [-0.15, -0.1) is 0 Å². The maximum atomic E-state index is 13.9. The van der Waals surface area contributed by atoms with E-state index in [-0.39, 0.29) is 17.8 Å². The molecule has 3 rings (SSSR count). The average molecular weight is 333 g/mol.